The number of alkyl halides is 3. The van der Waals surface area contributed by atoms with Crippen LogP contribution in [-0.4, -0.2) is 69.8 Å². The van der Waals surface area contributed by atoms with Crippen molar-refractivity contribution in [2.45, 2.75) is 13.1 Å². The number of H-pyrrole nitrogens is 6. The number of rotatable bonds is 6. The summed E-state index contributed by atoms with van der Waals surface area (Å²) in [5.41, 5.74) is 5.35. The number of nitrogens with one attached hydrogen (secondary N) is 6. The zero-order chi connectivity index (χ0) is 79.5. The molecule has 0 amide bonds. The molecule has 113 heavy (non-hydrogen) atoms. The number of fused-ring (bicyclic) bond motifs is 6. The van der Waals surface area contributed by atoms with Crippen molar-refractivity contribution in [1.29, 1.82) is 0 Å². The maximum Gasteiger partial charge on any atom is 0.416 e. The molecule has 14 aromatic heterocycles. The van der Waals surface area contributed by atoms with Gasteiger partial charge >= 0.3 is 6.18 Å². The van der Waals surface area contributed by atoms with E-state index in [2.05, 4.69) is 69.8 Å². The third-order valence-electron chi connectivity index (χ3n) is 16.9. The van der Waals surface area contributed by atoms with Crippen LogP contribution >= 0.6 is 11.6 Å². The van der Waals surface area contributed by atoms with Crippen molar-refractivity contribution in [2.75, 3.05) is 0 Å². The first kappa shape index (κ1) is 76.3. The zero-order valence-corrected chi connectivity index (χ0v) is 59.1. The number of hydrogen-bond donors (Lipinski definition) is 6. The van der Waals surface area contributed by atoms with Crippen molar-refractivity contribution < 1.29 is 35.1 Å². The van der Waals surface area contributed by atoms with Gasteiger partial charge in [-0.3, -0.25) is 38.7 Å². The summed E-state index contributed by atoms with van der Waals surface area (Å²) < 4.78 is 106. The molecule has 14 heterocycles. The average molecular weight is 1540 g/mol. The van der Waals surface area contributed by atoms with Crippen LogP contribution in [0.5, 0.6) is 0 Å². The number of aromatic nitrogens is 14. The standard InChI is InChI=1S/C15H8F4N2O.C14H8ClFN2O.C14H8F2N2O.C14H9FN2O.C14H11N3O.C13H9N3O/c16-11-4-3-8(15(17,18)19)6-10(11)12-7-13(22)9-2-1-5-20-14(9)21-12;2*15-8-3-4-11(16)10(6-8)12-7-13(19)9-2-1-5-17-14(9)18-12;15-11-6-2-1-4-9(11)12-8-13(18)10-5-3-7-16-14(10)17-12;1-9-4-2-6-11(16-9)12-8-13(18)10-5-3-7-15-14(10)17-12;17-12-8-11(10-5-1-2-6-14-10)16-13-9(12)4-3-7-15-13/h1-7H,(H,20,21,22);2*1-7H,(H,17,18,19);1-8H,(H,16,17,18);2-8H,1H3,(H,15,17,18);1-8H,(H,15,16,17). The van der Waals surface area contributed by atoms with E-state index in [1.165, 1.54) is 60.9 Å². The van der Waals surface area contributed by atoms with Crippen molar-refractivity contribution >= 4 is 77.8 Å². The van der Waals surface area contributed by atoms with Gasteiger partial charge in [-0.25, -0.2) is 51.9 Å². The number of aromatic amines is 6. The fourth-order valence-electron chi connectivity index (χ4n) is 11.5. The summed E-state index contributed by atoms with van der Waals surface area (Å²) in [7, 11) is 0. The molecule has 0 saturated heterocycles. The highest BCUT2D eigenvalue weighted by Crippen LogP contribution is 2.34. The van der Waals surface area contributed by atoms with Crippen molar-refractivity contribution in [3.05, 3.63) is 375 Å². The fraction of sp³-hybridized carbons (Fsp3) is 0.0238. The lowest BCUT2D eigenvalue weighted by atomic mass is 10.1. The SMILES string of the molecule is Cc1cccc(-c2cc(=O)c3cccnc3[nH]2)n1.O=c1cc(-c2cc(C(F)(F)F)ccc2F)[nH]c2ncccc12.O=c1cc(-c2cc(Cl)ccc2F)[nH]c2ncccc12.O=c1cc(-c2cc(F)ccc2F)[nH]c2ncccc12.O=c1cc(-c2ccccc2F)[nH]c2ncccc12.O=c1cc(-c2ccccn2)[nH]c2ncccc12. The van der Waals surface area contributed by atoms with Crippen molar-refractivity contribution in [1.82, 2.24) is 69.8 Å². The highest BCUT2D eigenvalue weighted by Gasteiger charge is 2.31. The number of halogens is 9. The highest BCUT2D eigenvalue weighted by atomic mass is 35.5. The lowest BCUT2D eigenvalue weighted by Crippen LogP contribution is -2.07. The molecule has 0 aliphatic carbocycles. The highest BCUT2D eigenvalue weighted by molar-refractivity contribution is 6.30. The fourth-order valence-corrected chi connectivity index (χ4v) is 11.7. The van der Waals surface area contributed by atoms with Crippen LogP contribution in [0, 0.1) is 36.0 Å². The Morgan fingerprint density at radius 1 is 0.292 bits per heavy atom. The van der Waals surface area contributed by atoms with Gasteiger partial charge < -0.3 is 29.9 Å². The molecule has 0 unspecified atom stereocenters. The molecule has 20 nitrogen and oxygen atoms in total. The van der Waals surface area contributed by atoms with Crippen LogP contribution in [0.15, 0.2) is 297 Å². The van der Waals surface area contributed by atoms with E-state index in [-0.39, 0.29) is 72.1 Å². The minimum Gasteiger partial charge on any atom is -0.339 e. The van der Waals surface area contributed by atoms with Gasteiger partial charge in [0.25, 0.3) is 0 Å². The van der Waals surface area contributed by atoms with Gasteiger partial charge in [0.05, 0.1) is 83.4 Å². The Morgan fingerprint density at radius 3 is 1.02 bits per heavy atom. The minimum atomic E-state index is -4.60. The molecule has 29 heteroatoms. The van der Waals surface area contributed by atoms with Gasteiger partial charge in [0.1, 0.15) is 63.0 Å². The monoisotopic (exact) mass is 1540 g/mol. The molecule has 0 fully saturated rings. The van der Waals surface area contributed by atoms with Gasteiger partial charge in [-0.1, -0.05) is 35.9 Å². The van der Waals surface area contributed by atoms with E-state index >= 15 is 0 Å². The third kappa shape index (κ3) is 18.0. The van der Waals surface area contributed by atoms with E-state index in [1.807, 2.05) is 43.3 Å². The summed E-state index contributed by atoms with van der Waals surface area (Å²) in [5, 5.41) is 3.23. The number of hydrogen-bond acceptors (Lipinski definition) is 14. The quantitative estimate of drug-likeness (QED) is 0.0844. The Bertz CT molecular complexity index is 6870. The molecular weight excluding hydrogens is 1490 g/mol. The van der Waals surface area contributed by atoms with Gasteiger partial charge in [0.2, 0.25) is 0 Å². The molecule has 18 rings (SSSR count). The van der Waals surface area contributed by atoms with Gasteiger partial charge in [0.15, 0.2) is 32.6 Å². The van der Waals surface area contributed by atoms with Crippen LogP contribution in [0.1, 0.15) is 11.3 Å². The molecule has 0 spiro atoms. The molecule has 4 aromatic carbocycles. The second-order valence-corrected chi connectivity index (χ2v) is 24.9. The lowest BCUT2D eigenvalue weighted by molar-refractivity contribution is -0.137. The molecule has 0 aliphatic rings. The summed E-state index contributed by atoms with van der Waals surface area (Å²) in [6, 6.07) is 55.1. The maximum atomic E-state index is 13.9. The smallest absolute Gasteiger partial charge is 0.339 e. The third-order valence-corrected chi connectivity index (χ3v) is 17.1. The topological polar surface area (TPSA) is 300 Å². The first-order valence-corrected chi connectivity index (χ1v) is 34.1. The van der Waals surface area contributed by atoms with E-state index in [0.29, 0.717) is 101 Å². The molecule has 0 aliphatic heterocycles. The Labute approximate surface area is 635 Å². The van der Waals surface area contributed by atoms with Gasteiger partial charge in [-0.15, -0.1) is 0 Å². The van der Waals surface area contributed by atoms with E-state index in [9.17, 15) is 63.9 Å². The van der Waals surface area contributed by atoms with Gasteiger partial charge in [-0.2, -0.15) is 13.2 Å². The van der Waals surface area contributed by atoms with Gasteiger partial charge in [-0.05, 0) is 171 Å². The van der Waals surface area contributed by atoms with Crippen molar-refractivity contribution in [3.63, 3.8) is 0 Å². The molecule has 0 bridgehead atoms. The first-order valence-electron chi connectivity index (χ1n) is 33.8. The number of nitrogens with zero attached hydrogens (tertiary/aromatic N) is 8. The molecular formula is C84H53ClF8N14O6. The molecule has 0 radical (unpaired) electrons. The summed E-state index contributed by atoms with van der Waals surface area (Å²) in [6.45, 7) is 1.92. The summed E-state index contributed by atoms with van der Waals surface area (Å²) in [5.74, 6) is -2.86. The van der Waals surface area contributed by atoms with E-state index in [0.717, 1.165) is 47.4 Å². The number of aryl methyl sites for hydroxylation is 1. The van der Waals surface area contributed by atoms with Crippen LogP contribution in [0.25, 0.3) is 134 Å². The molecule has 6 N–H and O–H groups in total. The average Bonchev–Trinajstić information content (AvgIpc) is 0.821. The first-order chi connectivity index (χ1) is 54.5. The summed E-state index contributed by atoms with van der Waals surface area (Å²) in [6.07, 6.45) is 6.49. The van der Waals surface area contributed by atoms with Crippen LogP contribution < -0.4 is 32.6 Å². The molecule has 0 saturated carbocycles. The van der Waals surface area contributed by atoms with E-state index in [1.54, 1.807) is 128 Å². The van der Waals surface area contributed by atoms with Crippen molar-refractivity contribution in [3.8, 4) is 67.8 Å². The zero-order valence-electron chi connectivity index (χ0n) is 58.3. The second kappa shape index (κ2) is 33.7. The molecule has 558 valence electrons. The maximum absolute atomic E-state index is 13.9. The van der Waals surface area contributed by atoms with Crippen molar-refractivity contribution in [2.24, 2.45) is 0 Å². The molecule has 0 atom stereocenters. The normalized spacial score (nSPS) is 11.0. The Hall–Kier alpha value is -14.9. The Kier molecular flexibility index (Phi) is 22.7. The van der Waals surface area contributed by atoms with Crippen LogP contribution in [0.4, 0.5) is 35.1 Å². The number of benzene rings is 4. The predicted molar refractivity (Wildman–Crippen MR) is 417 cm³/mol. The predicted octanol–water partition coefficient (Wildman–Crippen LogP) is 17.0. The minimum absolute atomic E-state index is 0.00431. The second-order valence-electron chi connectivity index (χ2n) is 24.5. The summed E-state index contributed by atoms with van der Waals surface area (Å²) in [4.78, 5) is 122. The van der Waals surface area contributed by atoms with E-state index in [4.69, 9.17) is 11.6 Å². The van der Waals surface area contributed by atoms with Crippen LogP contribution in [0.2, 0.25) is 5.02 Å². The van der Waals surface area contributed by atoms with E-state index < -0.39 is 40.4 Å². The largest absolute Gasteiger partial charge is 0.416 e. The Morgan fingerprint density at radius 2 is 0.619 bits per heavy atom. The van der Waals surface area contributed by atoms with Gasteiger partial charge in [0, 0.05) is 113 Å². The summed E-state index contributed by atoms with van der Waals surface area (Å²) >= 11 is 5.85. The Balaban J connectivity index is 0.000000119. The lowest BCUT2D eigenvalue weighted by Gasteiger charge is -2.10. The molecule has 18 aromatic rings. The van der Waals surface area contributed by atoms with Crippen LogP contribution in [-0.2, 0) is 6.18 Å². The number of pyridine rings is 14. The van der Waals surface area contributed by atoms with Crippen LogP contribution in [0.3, 0.4) is 0 Å².